The molecule has 0 spiro atoms. The Morgan fingerprint density at radius 3 is 2.00 bits per heavy atom. The molecule has 0 radical (unpaired) electrons. The van der Waals surface area contributed by atoms with E-state index < -0.39 is 54.1 Å². The summed E-state index contributed by atoms with van der Waals surface area (Å²) in [5.74, 6) is 0.211. The molecule has 3 unspecified atom stereocenters. The highest BCUT2D eigenvalue weighted by Gasteiger charge is 2.49. The highest BCUT2D eigenvalue weighted by molar-refractivity contribution is 9.10. The van der Waals surface area contributed by atoms with Crippen LogP contribution in [0, 0.1) is 23.2 Å². The van der Waals surface area contributed by atoms with Crippen molar-refractivity contribution in [1.82, 2.24) is 0 Å². The second kappa shape index (κ2) is 14.6. The number of quaternary nitrogens is 1. The van der Waals surface area contributed by atoms with Gasteiger partial charge in [0.25, 0.3) is 7.82 Å². The zero-order valence-corrected chi connectivity index (χ0v) is 25.6. The van der Waals surface area contributed by atoms with Crippen molar-refractivity contribution in [1.29, 1.82) is 0 Å². The number of ether oxygens (including phenoxy) is 3. The van der Waals surface area contributed by atoms with Crippen LogP contribution in [0.5, 0.6) is 0 Å². The van der Waals surface area contributed by atoms with Crippen molar-refractivity contribution >= 4 is 41.7 Å². The van der Waals surface area contributed by atoms with Crippen LogP contribution >= 0.6 is 23.8 Å². The van der Waals surface area contributed by atoms with Gasteiger partial charge in [-0.3, -0.25) is 18.9 Å². The van der Waals surface area contributed by atoms with E-state index in [9.17, 15) is 23.8 Å². The van der Waals surface area contributed by atoms with E-state index in [0.717, 1.165) is 0 Å². The lowest BCUT2D eigenvalue weighted by atomic mass is 9.69. The topological polar surface area (TPSA) is 137 Å². The van der Waals surface area contributed by atoms with E-state index in [1.165, 1.54) is 13.8 Å². The third-order valence-corrected chi connectivity index (χ3v) is 6.77. The molecular weight excluding hydrogens is 573 g/mol. The minimum absolute atomic E-state index is 0.0453. The maximum absolute atomic E-state index is 13.2. The summed E-state index contributed by atoms with van der Waals surface area (Å²) in [6.45, 7) is 7.35. The summed E-state index contributed by atoms with van der Waals surface area (Å²) in [6.07, 6.45) is 4.98. The number of carbonyl (C=O) groups excluding carboxylic acids is 3. The third-order valence-electron chi connectivity index (χ3n) is 5.16. The van der Waals surface area contributed by atoms with Gasteiger partial charge in [-0.2, -0.15) is 0 Å². The zero-order chi connectivity index (χ0) is 29.1. The van der Waals surface area contributed by atoms with E-state index in [-0.39, 0.29) is 32.7 Å². The van der Waals surface area contributed by atoms with Crippen LogP contribution in [0.2, 0.25) is 0 Å². The highest BCUT2D eigenvalue weighted by atomic mass is 79.9. The Balaban J connectivity index is 5.46. The third kappa shape index (κ3) is 13.8. The van der Waals surface area contributed by atoms with E-state index in [2.05, 4.69) is 21.9 Å². The molecule has 0 bridgehead atoms. The van der Waals surface area contributed by atoms with E-state index in [4.69, 9.17) is 29.7 Å². The first-order valence-electron chi connectivity index (χ1n) is 11.8. The Hall–Kier alpha value is -1.48. The summed E-state index contributed by atoms with van der Waals surface area (Å²) < 4.78 is 36.2. The fraction of sp³-hybridized carbons (Fsp3) is 0.792. The van der Waals surface area contributed by atoms with Gasteiger partial charge in [0.05, 0.1) is 45.2 Å². The molecule has 0 saturated carbocycles. The molecule has 3 atom stereocenters. The predicted molar refractivity (Wildman–Crippen MR) is 138 cm³/mol. The Labute approximate surface area is 228 Å². The van der Waals surface area contributed by atoms with Crippen molar-refractivity contribution in [3.63, 3.8) is 0 Å². The molecule has 11 nitrogen and oxygen atoms in total. The van der Waals surface area contributed by atoms with Crippen molar-refractivity contribution in [3.05, 3.63) is 0 Å². The molecule has 13 heteroatoms. The van der Waals surface area contributed by atoms with Crippen LogP contribution in [-0.4, -0.2) is 87.4 Å². The van der Waals surface area contributed by atoms with Crippen LogP contribution in [0.1, 0.15) is 47.5 Å². The Bertz CT molecular complexity index is 878. The Morgan fingerprint density at radius 1 is 0.919 bits per heavy atom. The van der Waals surface area contributed by atoms with Crippen LogP contribution < -0.4 is 4.89 Å². The largest absolute Gasteiger partial charge is 0.756 e. The molecule has 0 heterocycles. The lowest BCUT2D eigenvalue weighted by Gasteiger charge is -2.37. The molecule has 0 aliphatic rings. The highest BCUT2D eigenvalue weighted by Crippen LogP contribution is 2.44. The number of terminal acetylenes is 1. The molecule has 0 N–H and O–H groups in total. The van der Waals surface area contributed by atoms with Crippen LogP contribution in [0.4, 0.5) is 0 Å². The number of esters is 3. The summed E-state index contributed by atoms with van der Waals surface area (Å²) in [7, 11) is 1.06. The maximum Gasteiger partial charge on any atom is 0.323 e. The zero-order valence-electron chi connectivity index (χ0n) is 23.1. The maximum atomic E-state index is 13.2. The fourth-order valence-electron chi connectivity index (χ4n) is 3.56. The number of rotatable bonds is 17. The lowest BCUT2D eigenvalue weighted by Crippen LogP contribution is -2.45. The smallest absolute Gasteiger partial charge is 0.323 e. The number of hydrogen-bond acceptors (Lipinski definition) is 10. The number of nitrogens with zero attached hydrogens (tertiary/aromatic N) is 1. The number of carbonyl (C=O) groups is 3. The van der Waals surface area contributed by atoms with Gasteiger partial charge in [-0.15, -0.1) is 6.42 Å². The normalized spacial score (nSPS) is 16.9. The van der Waals surface area contributed by atoms with Gasteiger partial charge in [0.2, 0.25) is 0 Å². The first kappa shape index (κ1) is 35.5. The van der Waals surface area contributed by atoms with Gasteiger partial charge >= 0.3 is 17.9 Å². The van der Waals surface area contributed by atoms with Crippen molar-refractivity contribution in [2.24, 2.45) is 10.8 Å². The number of likely N-dealkylation sites (N-methyl/N-ethyl adjacent to an activating group) is 1. The molecule has 0 rings (SSSR count). The number of hydrogen-bond donors (Lipinski definition) is 0. The van der Waals surface area contributed by atoms with Gasteiger partial charge in [0, 0.05) is 0 Å². The number of alkyl halides is 1. The Morgan fingerprint density at radius 2 is 1.49 bits per heavy atom. The van der Waals surface area contributed by atoms with Crippen LogP contribution in [0.15, 0.2) is 0 Å². The van der Waals surface area contributed by atoms with Gasteiger partial charge in [-0.1, -0.05) is 21.9 Å². The van der Waals surface area contributed by atoms with Gasteiger partial charge < -0.3 is 32.6 Å². The second-order valence-electron chi connectivity index (χ2n) is 10.8. The van der Waals surface area contributed by atoms with Gasteiger partial charge in [-0.05, 0) is 47.5 Å². The molecule has 0 aromatic carbocycles. The molecule has 214 valence electrons. The van der Waals surface area contributed by atoms with Crippen LogP contribution in [-0.2, 0) is 42.2 Å². The summed E-state index contributed by atoms with van der Waals surface area (Å²) >= 11 is 3.32. The lowest BCUT2D eigenvalue weighted by molar-refractivity contribution is -0.870. The average molecular weight is 614 g/mol. The molecule has 0 fully saturated rings. The molecule has 37 heavy (non-hydrogen) atoms. The van der Waals surface area contributed by atoms with E-state index >= 15 is 0 Å². The van der Waals surface area contributed by atoms with Crippen molar-refractivity contribution < 1.29 is 51.6 Å². The van der Waals surface area contributed by atoms with E-state index in [1.54, 1.807) is 20.8 Å². The Kier molecular flexibility index (Phi) is 14.0. The average Bonchev–Trinajstić information content (AvgIpc) is 2.72. The number of phosphoric acid groups is 1. The standard InChI is InChI=1S/C24H41BrNO10P/c1-10-13-33-21(29)24(6,25)18-23(5,17-22(3,4)19(27)32-11-2)20(28)34-15-16-36-37(30,31)35-14-12-26(7,8)9/h1H,11-18H2,2-9H3. The van der Waals surface area contributed by atoms with Crippen molar-refractivity contribution in [2.75, 3.05) is 60.7 Å². The number of halogens is 1. The van der Waals surface area contributed by atoms with Gasteiger partial charge in [0.1, 0.15) is 24.1 Å². The molecular formula is C24H41BrNO10P. The van der Waals surface area contributed by atoms with E-state index in [0.29, 0.717) is 11.0 Å². The fourth-order valence-corrected chi connectivity index (χ4v) is 4.98. The molecule has 0 saturated heterocycles. The summed E-state index contributed by atoms with van der Waals surface area (Å²) in [5.41, 5.74) is -2.51. The van der Waals surface area contributed by atoms with Crippen LogP contribution in [0.3, 0.4) is 0 Å². The first-order chi connectivity index (χ1) is 16.7. The van der Waals surface area contributed by atoms with Gasteiger partial charge in [0.15, 0.2) is 6.61 Å². The molecule has 0 aromatic heterocycles. The van der Waals surface area contributed by atoms with Crippen LogP contribution in [0.25, 0.3) is 0 Å². The summed E-state index contributed by atoms with van der Waals surface area (Å²) in [5, 5.41) is 0. The predicted octanol–water partition coefficient (Wildman–Crippen LogP) is 2.44. The summed E-state index contributed by atoms with van der Waals surface area (Å²) in [4.78, 5) is 50.2. The monoisotopic (exact) mass is 613 g/mol. The molecule has 0 aliphatic carbocycles. The SMILES string of the molecule is C#CCOC(=O)C(C)(Br)CC(C)(CC(C)(C)C(=O)OCC)C(=O)OCCOP(=O)([O-])OCC[N+](C)(C)C. The minimum atomic E-state index is -4.59. The second-order valence-corrected chi connectivity index (χ2v) is 13.9. The first-order valence-corrected chi connectivity index (χ1v) is 14.0. The minimum Gasteiger partial charge on any atom is -0.756 e. The quantitative estimate of drug-likeness (QED) is 0.0457. The van der Waals surface area contributed by atoms with E-state index in [1.807, 2.05) is 21.1 Å². The van der Waals surface area contributed by atoms with Crippen molar-refractivity contribution in [2.45, 2.75) is 51.8 Å². The number of phosphoric ester groups is 1. The molecule has 0 aromatic rings. The van der Waals surface area contributed by atoms with Crippen molar-refractivity contribution in [3.8, 4) is 12.3 Å². The summed E-state index contributed by atoms with van der Waals surface area (Å²) in [6, 6.07) is 0. The molecule has 0 aliphatic heterocycles. The van der Waals surface area contributed by atoms with Gasteiger partial charge in [-0.25, -0.2) is 0 Å². The molecule has 0 amide bonds.